The number of halogens is 4. The van der Waals surface area contributed by atoms with Gasteiger partial charge >= 0.3 is 6.18 Å². The molecule has 1 aromatic carbocycles. The predicted octanol–water partition coefficient (Wildman–Crippen LogP) is 3.16. The number of rotatable bonds is 3. The second-order valence-electron chi connectivity index (χ2n) is 4.66. The molecule has 0 fully saturated rings. The number of aromatic nitrogens is 2. The SMILES string of the molecule is Cc1nn(C)c(C(=O)N/N=C/c2ccccc2C(F)(F)F)c1Cl. The standard InChI is InChI=1S/C14H12ClF3N4O/c1-8-11(15)12(22(2)21-8)13(23)20-19-7-9-5-3-4-6-10(9)14(16,17)18/h3-7H,1-2H3,(H,20,23)/b19-7+. The van der Waals surface area contributed by atoms with E-state index in [4.69, 9.17) is 11.6 Å². The summed E-state index contributed by atoms with van der Waals surface area (Å²) in [5.41, 5.74) is 1.68. The van der Waals surface area contributed by atoms with Gasteiger partial charge in [-0.25, -0.2) is 5.43 Å². The molecule has 0 saturated carbocycles. The van der Waals surface area contributed by atoms with Crippen LogP contribution in [-0.2, 0) is 13.2 Å². The van der Waals surface area contributed by atoms with Crippen molar-refractivity contribution in [2.75, 3.05) is 0 Å². The van der Waals surface area contributed by atoms with E-state index in [1.807, 2.05) is 0 Å². The molecule has 5 nitrogen and oxygen atoms in total. The van der Waals surface area contributed by atoms with E-state index in [1.54, 1.807) is 6.92 Å². The summed E-state index contributed by atoms with van der Waals surface area (Å²) in [6, 6.07) is 4.90. The minimum absolute atomic E-state index is 0.0745. The Morgan fingerprint density at radius 2 is 2.04 bits per heavy atom. The molecule has 122 valence electrons. The number of hydrogen-bond acceptors (Lipinski definition) is 3. The topological polar surface area (TPSA) is 59.3 Å². The predicted molar refractivity (Wildman–Crippen MR) is 79.5 cm³/mol. The summed E-state index contributed by atoms with van der Waals surface area (Å²) >= 11 is 5.95. The minimum atomic E-state index is -4.50. The van der Waals surface area contributed by atoms with Gasteiger partial charge in [-0.15, -0.1) is 0 Å². The lowest BCUT2D eigenvalue weighted by Gasteiger charge is -2.09. The molecule has 1 amide bonds. The van der Waals surface area contributed by atoms with Crippen LogP contribution in [0.2, 0.25) is 5.02 Å². The summed E-state index contributed by atoms with van der Waals surface area (Å²) in [4.78, 5) is 12.0. The largest absolute Gasteiger partial charge is 0.417 e. The maximum absolute atomic E-state index is 12.8. The van der Waals surface area contributed by atoms with Gasteiger partial charge in [0.2, 0.25) is 0 Å². The molecular formula is C14H12ClF3N4O. The van der Waals surface area contributed by atoms with Crippen molar-refractivity contribution in [3.05, 3.63) is 51.8 Å². The van der Waals surface area contributed by atoms with Crippen LogP contribution in [0.4, 0.5) is 13.2 Å². The molecule has 9 heteroatoms. The van der Waals surface area contributed by atoms with Crippen molar-refractivity contribution >= 4 is 23.7 Å². The summed E-state index contributed by atoms with van der Waals surface area (Å²) < 4.78 is 39.8. The molecule has 0 unspecified atom stereocenters. The minimum Gasteiger partial charge on any atom is -0.266 e. The lowest BCUT2D eigenvalue weighted by atomic mass is 10.1. The molecule has 0 aliphatic carbocycles. The summed E-state index contributed by atoms with van der Waals surface area (Å²) in [7, 11) is 1.52. The molecule has 1 N–H and O–H groups in total. The van der Waals surface area contributed by atoms with Crippen LogP contribution in [0.5, 0.6) is 0 Å². The van der Waals surface area contributed by atoms with Crippen LogP contribution >= 0.6 is 11.6 Å². The van der Waals surface area contributed by atoms with Crippen molar-refractivity contribution in [2.24, 2.45) is 12.1 Å². The van der Waals surface area contributed by atoms with Crippen molar-refractivity contribution < 1.29 is 18.0 Å². The molecule has 0 aliphatic rings. The van der Waals surface area contributed by atoms with Crippen LogP contribution in [-0.4, -0.2) is 21.9 Å². The van der Waals surface area contributed by atoms with E-state index in [-0.39, 0.29) is 16.3 Å². The molecular weight excluding hydrogens is 333 g/mol. The number of benzene rings is 1. The highest BCUT2D eigenvalue weighted by Crippen LogP contribution is 2.31. The zero-order chi connectivity index (χ0) is 17.2. The quantitative estimate of drug-likeness (QED) is 0.687. The zero-order valence-corrected chi connectivity index (χ0v) is 12.9. The average molecular weight is 345 g/mol. The lowest BCUT2D eigenvalue weighted by molar-refractivity contribution is -0.137. The first-order valence-electron chi connectivity index (χ1n) is 6.40. The van der Waals surface area contributed by atoms with E-state index < -0.39 is 17.6 Å². The van der Waals surface area contributed by atoms with Gasteiger partial charge in [0.05, 0.1) is 22.5 Å². The van der Waals surface area contributed by atoms with Crippen molar-refractivity contribution in [2.45, 2.75) is 13.1 Å². The van der Waals surface area contributed by atoms with Crippen LogP contribution in [0.25, 0.3) is 0 Å². The van der Waals surface area contributed by atoms with E-state index in [9.17, 15) is 18.0 Å². The number of carbonyl (C=O) groups is 1. The number of amides is 1. The fraction of sp³-hybridized carbons (Fsp3) is 0.214. The maximum Gasteiger partial charge on any atom is 0.417 e. The van der Waals surface area contributed by atoms with Crippen LogP contribution in [0.3, 0.4) is 0 Å². The number of nitrogens with one attached hydrogen (secondary N) is 1. The lowest BCUT2D eigenvalue weighted by Crippen LogP contribution is -2.21. The van der Waals surface area contributed by atoms with Gasteiger partial charge in [0.15, 0.2) is 0 Å². The highest BCUT2D eigenvalue weighted by molar-refractivity contribution is 6.34. The van der Waals surface area contributed by atoms with E-state index in [0.717, 1.165) is 12.3 Å². The van der Waals surface area contributed by atoms with Crippen molar-refractivity contribution in [3.63, 3.8) is 0 Å². The second kappa shape index (κ2) is 6.41. The molecule has 0 atom stereocenters. The number of carbonyl (C=O) groups excluding carboxylic acids is 1. The Hall–Kier alpha value is -2.35. The Labute approximate surface area is 134 Å². The molecule has 2 aromatic rings. The number of hydrazone groups is 1. The van der Waals surface area contributed by atoms with Crippen LogP contribution in [0, 0.1) is 6.92 Å². The van der Waals surface area contributed by atoms with Gasteiger partial charge < -0.3 is 0 Å². The smallest absolute Gasteiger partial charge is 0.266 e. The normalized spacial score (nSPS) is 11.9. The van der Waals surface area contributed by atoms with Gasteiger partial charge in [-0.05, 0) is 13.0 Å². The fourth-order valence-electron chi connectivity index (χ4n) is 1.96. The highest BCUT2D eigenvalue weighted by Gasteiger charge is 2.32. The first-order chi connectivity index (χ1) is 10.7. The monoisotopic (exact) mass is 344 g/mol. The van der Waals surface area contributed by atoms with Crippen LogP contribution in [0.1, 0.15) is 27.3 Å². The molecule has 2 rings (SSSR count). The molecule has 0 radical (unpaired) electrons. The summed E-state index contributed by atoms with van der Waals surface area (Å²) in [5.74, 6) is -0.668. The van der Waals surface area contributed by atoms with Gasteiger partial charge in [-0.3, -0.25) is 9.48 Å². The molecule has 0 spiro atoms. The Balaban J connectivity index is 2.18. The summed E-state index contributed by atoms with van der Waals surface area (Å²) in [6.07, 6.45) is -3.58. The van der Waals surface area contributed by atoms with Gasteiger partial charge in [-0.2, -0.15) is 23.4 Å². The van der Waals surface area contributed by atoms with Gasteiger partial charge in [0.1, 0.15) is 5.69 Å². The number of alkyl halides is 3. The van der Waals surface area contributed by atoms with Crippen molar-refractivity contribution in [1.82, 2.24) is 15.2 Å². The van der Waals surface area contributed by atoms with Gasteiger partial charge in [-0.1, -0.05) is 29.8 Å². The number of nitrogens with zero attached hydrogens (tertiary/aromatic N) is 3. The van der Waals surface area contributed by atoms with Crippen molar-refractivity contribution in [3.8, 4) is 0 Å². The van der Waals surface area contributed by atoms with Crippen LogP contribution < -0.4 is 5.43 Å². The van der Waals surface area contributed by atoms with Gasteiger partial charge in [0.25, 0.3) is 5.91 Å². The van der Waals surface area contributed by atoms with Gasteiger partial charge in [0, 0.05) is 12.6 Å². The Kier molecular flexibility index (Phi) is 4.74. The Morgan fingerprint density at radius 3 is 2.61 bits per heavy atom. The maximum atomic E-state index is 12.8. The third kappa shape index (κ3) is 3.70. The zero-order valence-electron chi connectivity index (χ0n) is 12.1. The highest BCUT2D eigenvalue weighted by atomic mass is 35.5. The third-order valence-corrected chi connectivity index (χ3v) is 3.45. The van der Waals surface area contributed by atoms with E-state index in [0.29, 0.717) is 5.69 Å². The summed E-state index contributed by atoms with van der Waals surface area (Å²) in [5, 5.41) is 7.69. The summed E-state index contributed by atoms with van der Waals surface area (Å²) in [6.45, 7) is 1.63. The van der Waals surface area contributed by atoms with Crippen molar-refractivity contribution in [1.29, 1.82) is 0 Å². The van der Waals surface area contributed by atoms with Crippen LogP contribution in [0.15, 0.2) is 29.4 Å². The van der Waals surface area contributed by atoms with E-state index >= 15 is 0 Å². The van der Waals surface area contributed by atoms with E-state index in [2.05, 4.69) is 15.6 Å². The molecule has 1 aromatic heterocycles. The molecule has 0 saturated heterocycles. The molecule has 0 aliphatic heterocycles. The molecule has 23 heavy (non-hydrogen) atoms. The Bertz CT molecular complexity index is 768. The first kappa shape index (κ1) is 17.0. The Morgan fingerprint density at radius 1 is 1.39 bits per heavy atom. The second-order valence-corrected chi connectivity index (χ2v) is 5.03. The number of aryl methyl sites for hydroxylation is 2. The number of hydrogen-bond donors (Lipinski definition) is 1. The molecule has 1 heterocycles. The van der Waals surface area contributed by atoms with E-state index in [1.165, 1.54) is 29.9 Å². The average Bonchev–Trinajstić information content (AvgIpc) is 2.71. The molecule has 0 bridgehead atoms. The first-order valence-corrected chi connectivity index (χ1v) is 6.78. The third-order valence-electron chi connectivity index (χ3n) is 3.00. The fourth-order valence-corrected chi connectivity index (χ4v) is 2.21.